The Balaban J connectivity index is 1.73. The zero-order valence-corrected chi connectivity index (χ0v) is 23.4. The molecule has 0 N–H and O–H groups in total. The molecule has 5 aromatic rings. The van der Waals surface area contributed by atoms with Gasteiger partial charge in [-0.05, 0) is 57.2 Å². The molecule has 8 heteroatoms. The quantitative estimate of drug-likeness (QED) is 0.130. The molecule has 1 aliphatic heterocycles. The molecule has 0 radical (unpaired) electrons. The fourth-order valence-electron chi connectivity index (χ4n) is 5.38. The number of nitro benzene ring substituents is 1. The highest BCUT2D eigenvalue weighted by Crippen LogP contribution is 2.58. The van der Waals surface area contributed by atoms with Gasteiger partial charge in [-0.25, -0.2) is 9.52 Å². The van der Waals surface area contributed by atoms with E-state index in [9.17, 15) is 10.1 Å². The molecule has 0 saturated carbocycles. The molecule has 0 spiro atoms. The van der Waals surface area contributed by atoms with Crippen molar-refractivity contribution >= 4 is 41.1 Å². The zero-order valence-electron chi connectivity index (χ0n) is 22.5. The van der Waals surface area contributed by atoms with E-state index in [0.717, 1.165) is 38.9 Å². The lowest BCUT2D eigenvalue weighted by Gasteiger charge is -2.38. The summed E-state index contributed by atoms with van der Waals surface area (Å²) in [5.41, 5.74) is 7.12. The van der Waals surface area contributed by atoms with Gasteiger partial charge in [0.1, 0.15) is 7.21 Å². The molecule has 198 valence electrons. The zero-order chi connectivity index (χ0) is 27.9. The molecule has 2 heterocycles. The Morgan fingerprint density at radius 2 is 1.38 bits per heavy atom. The average molecular weight is 546 g/mol. The lowest BCUT2D eigenvalue weighted by Crippen LogP contribution is -2.34. The number of hydrogen-bond donors (Lipinski definition) is 0. The molecule has 0 fully saturated rings. The fraction of sp³-hybridized carbons (Fsp3) is 0.0938. The van der Waals surface area contributed by atoms with Crippen LogP contribution >= 0.6 is 7.21 Å². The number of hydrogen-bond acceptors (Lipinski definition) is 4. The van der Waals surface area contributed by atoms with Crippen molar-refractivity contribution in [1.29, 1.82) is 0 Å². The molecule has 0 aliphatic carbocycles. The van der Waals surface area contributed by atoms with Gasteiger partial charge in [0.2, 0.25) is 0 Å². The van der Waals surface area contributed by atoms with E-state index < -0.39 is 7.21 Å². The summed E-state index contributed by atoms with van der Waals surface area (Å²) in [6.07, 6.45) is 1.95. The van der Waals surface area contributed by atoms with Gasteiger partial charge in [0.15, 0.2) is 0 Å². The molecular weight excluding hydrogens is 517 g/mol. The van der Waals surface area contributed by atoms with Crippen molar-refractivity contribution < 1.29 is 4.92 Å². The number of fused-ring (bicyclic) bond motifs is 1. The predicted octanol–water partition coefficient (Wildman–Crippen LogP) is 7.56. The van der Waals surface area contributed by atoms with Crippen LogP contribution in [0.4, 0.5) is 17.1 Å². The summed E-state index contributed by atoms with van der Waals surface area (Å²) in [6.45, 7) is 6.36. The number of nitro groups is 1. The first kappa shape index (κ1) is 25.5. The third-order valence-electron chi connectivity index (χ3n) is 7.26. The van der Waals surface area contributed by atoms with Crippen LogP contribution in [0.15, 0.2) is 119 Å². The highest BCUT2D eigenvalue weighted by atomic mass is 31.2. The second-order valence-electron chi connectivity index (χ2n) is 9.78. The number of non-ortho nitro benzene ring substituents is 1. The molecular formula is C32H28N5O2P. The molecule has 0 bridgehead atoms. The summed E-state index contributed by atoms with van der Waals surface area (Å²) in [7, 11) is -2.83. The van der Waals surface area contributed by atoms with Crippen molar-refractivity contribution in [3.63, 3.8) is 0 Å². The first-order chi connectivity index (χ1) is 19.4. The maximum atomic E-state index is 11.4. The second-order valence-corrected chi connectivity index (χ2v) is 12.5. The van der Waals surface area contributed by atoms with Crippen LogP contribution in [0.25, 0.3) is 5.69 Å². The van der Waals surface area contributed by atoms with Crippen LogP contribution in [-0.4, -0.2) is 15.7 Å². The Morgan fingerprint density at radius 1 is 0.750 bits per heavy atom. The van der Waals surface area contributed by atoms with Crippen molar-refractivity contribution in [2.24, 2.45) is 9.85 Å². The molecule has 0 saturated heterocycles. The molecule has 4 aromatic carbocycles. The molecule has 0 amide bonds. The Bertz CT molecular complexity index is 1790. The molecule has 1 aliphatic rings. The van der Waals surface area contributed by atoms with Gasteiger partial charge in [-0.2, -0.15) is 5.10 Å². The average Bonchev–Trinajstić information content (AvgIpc) is 3.24. The maximum absolute atomic E-state index is 11.4. The number of para-hydroxylation sites is 1. The van der Waals surface area contributed by atoms with Crippen LogP contribution in [0.1, 0.15) is 22.5 Å². The number of aromatic nitrogens is 1. The monoisotopic (exact) mass is 545 g/mol. The van der Waals surface area contributed by atoms with Crippen LogP contribution in [0.5, 0.6) is 0 Å². The van der Waals surface area contributed by atoms with Crippen molar-refractivity contribution in [3.05, 3.63) is 142 Å². The van der Waals surface area contributed by atoms with E-state index in [0.29, 0.717) is 5.69 Å². The fourth-order valence-corrected chi connectivity index (χ4v) is 9.18. The number of rotatable bonds is 5. The summed E-state index contributed by atoms with van der Waals surface area (Å²) in [6, 6.07) is 35.4. The van der Waals surface area contributed by atoms with E-state index in [2.05, 4.69) is 66.5 Å². The Morgan fingerprint density at radius 3 is 2.00 bits per heavy atom. The highest BCUT2D eigenvalue weighted by Gasteiger charge is 2.41. The van der Waals surface area contributed by atoms with Crippen molar-refractivity contribution in [3.8, 4) is 5.69 Å². The van der Waals surface area contributed by atoms with E-state index in [1.165, 1.54) is 17.7 Å². The minimum atomic E-state index is -2.83. The number of aryl methyl sites for hydroxylation is 1. The number of anilines is 1. The Kier molecular flexibility index (Phi) is 6.45. The minimum absolute atomic E-state index is 0.0332. The summed E-state index contributed by atoms with van der Waals surface area (Å²) in [5, 5.41) is 18.6. The van der Waals surface area contributed by atoms with Gasteiger partial charge in [-0.1, -0.05) is 66.2 Å². The van der Waals surface area contributed by atoms with E-state index in [1.807, 2.05) is 54.7 Å². The third-order valence-corrected chi connectivity index (χ3v) is 10.9. The summed E-state index contributed by atoms with van der Waals surface area (Å²) in [4.78, 5) is 11.0. The van der Waals surface area contributed by atoms with Crippen LogP contribution in [-0.2, 0) is 0 Å². The smallest absolute Gasteiger partial charge is 0.269 e. The standard InChI is InChI=1S/C32H28N5O2P/c1-23-14-18-27(19-15-23)35-24(2)31-22-33-36(28-10-6-4-7-11-28)40(32(31)25(35)3,30-12-8-5-9-13-30)34-26-16-20-29(21-17-26)37(38)39/h4-22H,1-3H3. The van der Waals surface area contributed by atoms with Crippen molar-refractivity contribution in [1.82, 2.24) is 4.57 Å². The first-order valence-electron chi connectivity index (χ1n) is 13.0. The van der Waals surface area contributed by atoms with Gasteiger partial charge >= 0.3 is 0 Å². The lowest BCUT2D eigenvalue weighted by molar-refractivity contribution is -0.384. The third kappa shape index (κ3) is 4.16. The summed E-state index contributed by atoms with van der Waals surface area (Å²) in [5.74, 6) is 0. The molecule has 1 aromatic heterocycles. The van der Waals surface area contributed by atoms with Crippen molar-refractivity contribution in [2.75, 3.05) is 4.78 Å². The van der Waals surface area contributed by atoms with Crippen LogP contribution in [0.3, 0.4) is 0 Å². The minimum Gasteiger partial charge on any atom is -0.317 e. The van der Waals surface area contributed by atoms with Gasteiger partial charge in [0, 0.05) is 45.4 Å². The maximum Gasteiger partial charge on any atom is 0.269 e. The largest absolute Gasteiger partial charge is 0.317 e. The normalized spacial score (nSPS) is 16.0. The first-order valence-corrected chi connectivity index (χ1v) is 14.7. The van der Waals surface area contributed by atoms with Gasteiger partial charge in [-0.3, -0.25) is 10.1 Å². The SMILES string of the molecule is Cc1ccc(-n2c(C)c3c(c2C)P(=Nc2ccc([N+](=O)[O-])cc2)(c2ccccc2)N(c2ccccc2)N=C3)cc1. The Hall–Kier alpha value is -4.74. The molecule has 40 heavy (non-hydrogen) atoms. The number of hydrazone groups is 1. The van der Waals surface area contributed by atoms with Gasteiger partial charge in [0.25, 0.3) is 5.69 Å². The number of nitrogens with zero attached hydrogens (tertiary/aromatic N) is 5. The van der Waals surface area contributed by atoms with Crippen LogP contribution < -0.4 is 15.4 Å². The second kappa shape index (κ2) is 10.1. The van der Waals surface area contributed by atoms with E-state index in [4.69, 9.17) is 9.85 Å². The predicted molar refractivity (Wildman–Crippen MR) is 164 cm³/mol. The van der Waals surface area contributed by atoms with Gasteiger partial charge in [-0.15, -0.1) is 0 Å². The highest BCUT2D eigenvalue weighted by molar-refractivity contribution is 7.82. The Labute approximate surface area is 233 Å². The van der Waals surface area contributed by atoms with Crippen LogP contribution in [0, 0.1) is 30.9 Å². The topological polar surface area (TPSA) is 76.0 Å². The van der Waals surface area contributed by atoms with E-state index in [1.54, 1.807) is 12.1 Å². The van der Waals surface area contributed by atoms with Gasteiger partial charge in [0.05, 0.1) is 22.5 Å². The number of benzene rings is 4. The molecule has 1 unspecified atom stereocenters. The van der Waals surface area contributed by atoms with E-state index in [-0.39, 0.29) is 10.6 Å². The molecule has 7 nitrogen and oxygen atoms in total. The summed E-state index contributed by atoms with van der Waals surface area (Å²) < 4.78 is 9.88. The lowest BCUT2D eigenvalue weighted by atomic mass is 10.2. The molecule has 1 atom stereocenters. The molecule has 6 rings (SSSR count). The van der Waals surface area contributed by atoms with Crippen molar-refractivity contribution in [2.45, 2.75) is 20.8 Å². The van der Waals surface area contributed by atoms with Gasteiger partial charge < -0.3 is 4.57 Å². The summed E-state index contributed by atoms with van der Waals surface area (Å²) >= 11 is 0. The van der Waals surface area contributed by atoms with Crippen LogP contribution in [0.2, 0.25) is 0 Å². The van der Waals surface area contributed by atoms with E-state index >= 15 is 0 Å².